The van der Waals surface area contributed by atoms with Gasteiger partial charge in [-0.2, -0.15) is 0 Å². The maximum absolute atomic E-state index is 13.1. The molecule has 2 aromatic heterocycles. The highest BCUT2D eigenvalue weighted by molar-refractivity contribution is 5.98. The zero-order valence-corrected chi connectivity index (χ0v) is 26.5. The lowest BCUT2D eigenvalue weighted by atomic mass is 10.1. The Hall–Kier alpha value is -5.82. The van der Waals surface area contributed by atoms with E-state index in [2.05, 4.69) is 32.4 Å². The molecule has 0 aliphatic carbocycles. The minimum atomic E-state index is -0.501. The highest BCUT2D eigenvalue weighted by Gasteiger charge is 2.35. The highest BCUT2D eigenvalue weighted by atomic mass is 16.2. The van der Waals surface area contributed by atoms with Gasteiger partial charge in [-0.05, 0) is 97.5 Å². The summed E-state index contributed by atoms with van der Waals surface area (Å²) in [5.74, 6) is 5.70. The van der Waals surface area contributed by atoms with E-state index in [1.54, 1.807) is 71.0 Å². The van der Waals surface area contributed by atoms with Crippen molar-refractivity contribution in [3.63, 3.8) is 0 Å². The van der Waals surface area contributed by atoms with Gasteiger partial charge >= 0.3 is 0 Å². The van der Waals surface area contributed by atoms with Crippen LogP contribution >= 0.6 is 0 Å². The van der Waals surface area contributed by atoms with E-state index < -0.39 is 12.1 Å². The molecule has 0 unspecified atom stereocenters. The largest absolute Gasteiger partial charge is 0.330 e. The average Bonchev–Trinajstić information content (AvgIpc) is 3.81. The van der Waals surface area contributed by atoms with Crippen LogP contribution in [0.25, 0.3) is 0 Å². The molecule has 4 aromatic rings. The maximum Gasteiger partial charge on any atom is 0.247 e. The highest BCUT2D eigenvalue weighted by Crippen LogP contribution is 2.22. The molecule has 2 aromatic carbocycles. The van der Waals surface area contributed by atoms with E-state index in [-0.39, 0.29) is 36.5 Å². The van der Waals surface area contributed by atoms with E-state index in [0.29, 0.717) is 37.3 Å². The smallest absolute Gasteiger partial charge is 0.247 e. The van der Waals surface area contributed by atoms with E-state index in [1.165, 1.54) is 0 Å². The number of rotatable bonds is 8. The lowest BCUT2D eigenvalue weighted by Gasteiger charge is -2.24. The quantitative estimate of drug-likeness (QED) is 0.278. The summed E-state index contributed by atoms with van der Waals surface area (Å²) >= 11 is 0. The summed E-state index contributed by atoms with van der Waals surface area (Å²) in [6.45, 7) is 1.12. The molecular weight excluding hydrogens is 604 g/mol. The summed E-state index contributed by atoms with van der Waals surface area (Å²) in [6, 6.07) is 20.8. The predicted molar refractivity (Wildman–Crippen MR) is 181 cm³/mol. The summed E-state index contributed by atoms with van der Waals surface area (Å²) in [6.07, 6.45) is 9.94. The lowest BCUT2D eigenvalue weighted by molar-refractivity contribution is -0.136. The molecule has 4 amide bonds. The van der Waals surface area contributed by atoms with E-state index in [9.17, 15) is 19.2 Å². The van der Waals surface area contributed by atoms with Gasteiger partial charge in [0.15, 0.2) is 0 Å². The molecule has 0 radical (unpaired) electrons. The van der Waals surface area contributed by atoms with Crippen molar-refractivity contribution in [1.29, 1.82) is 0 Å². The third-order valence-corrected chi connectivity index (χ3v) is 8.56. The molecular formula is C38H36N6O4. The van der Waals surface area contributed by atoms with Crippen molar-refractivity contribution in [3.8, 4) is 11.8 Å². The molecule has 2 saturated heterocycles. The van der Waals surface area contributed by atoms with E-state index in [0.717, 1.165) is 35.1 Å². The first-order valence-corrected chi connectivity index (χ1v) is 16.1. The van der Waals surface area contributed by atoms with Gasteiger partial charge in [0.1, 0.15) is 12.1 Å². The molecule has 0 saturated carbocycles. The number of hydrogen-bond acceptors (Lipinski definition) is 6. The average molecular weight is 641 g/mol. The van der Waals surface area contributed by atoms with Crippen LogP contribution in [0.3, 0.4) is 0 Å². The Balaban J connectivity index is 0.995. The van der Waals surface area contributed by atoms with Crippen molar-refractivity contribution in [2.24, 2.45) is 0 Å². The number of likely N-dealkylation sites (tertiary alicyclic amines) is 2. The number of hydrogen-bond donors (Lipinski definition) is 2. The van der Waals surface area contributed by atoms with Crippen LogP contribution in [0.15, 0.2) is 97.6 Å². The molecule has 10 heteroatoms. The number of anilines is 2. The number of benzene rings is 2. The lowest BCUT2D eigenvalue weighted by Crippen LogP contribution is -2.43. The van der Waals surface area contributed by atoms with Gasteiger partial charge in [0.25, 0.3) is 0 Å². The molecule has 2 fully saturated rings. The number of pyridine rings is 2. The van der Waals surface area contributed by atoms with Crippen molar-refractivity contribution < 1.29 is 19.2 Å². The van der Waals surface area contributed by atoms with Crippen LogP contribution in [-0.2, 0) is 32.0 Å². The number of nitrogens with one attached hydrogen (secondary N) is 2. The Morgan fingerprint density at radius 2 is 1.04 bits per heavy atom. The second kappa shape index (κ2) is 15.2. The first kappa shape index (κ1) is 32.1. The summed E-state index contributed by atoms with van der Waals surface area (Å²) in [4.78, 5) is 63.4. The molecule has 0 bridgehead atoms. The Morgan fingerprint density at radius 1 is 0.625 bits per heavy atom. The normalized spacial score (nSPS) is 16.9. The fourth-order valence-corrected chi connectivity index (χ4v) is 6.10. The molecule has 48 heavy (non-hydrogen) atoms. The van der Waals surface area contributed by atoms with Crippen LogP contribution in [0.2, 0.25) is 0 Å². The number of nitrogens with zero attached hydrogens (tertiary/aromatic N) is 4. The Bertz CT molecular complexity index is 1690. The number of carbonyl (C=O) groups is 4. The first-order chi connectivity index (χ1) is 23.4. The van der Waals surface area contributed by atoms with Gasteiger partial charge in [-0.1, -0.05) is 24.0 Å². The Morgan fingerprint density at radius 3 is 1.42 bits per heavy atom. The van der Waals surface area contributed by atoms with E-state index in [1.807, 2.05) is 36.4 Å². The second-order valence-electron chi connectivity index (χ2n) is 11.9. The third kappa shape index (κ3) is 8.12. The van der Waals surface area contributed by atoms with Crippen LogP contribution in [0, 0.1) is 11.8 Å². The fourth-order valence-electron chi connectivity index (χ4n) is 6.10. The molecule has 4 heterocycles. The third-order valence-electron chi connectivity index (χ3n) is 8.56. The molecule has 242 valence electrons. The van der Waals surface area contributed by atoms with Gasteiger partial charge in [-0.25, -0.2) is 0 Å². The van der Waals surface area contributed by atoms with Gasteiger partial charge in [0.2, 0.25) is 23.6 Å². The van der Waals surface area contributed by atoms with Crippen molar-refractivity contribution in [2.45, 2.75) is 50.6 Å². The monoisotopic (exact) mass is 640 g/mol. The van der Waals surface area contributed by atoms with Crippen LogP contribution in [0.1, 0.15) is 47.9 Å². The maximum atomic E-state index is 13.1. The molecule has 2 aliphatic rings. The van der Waals surface area contributed by atoms with Gasteiger partial charge in [-0.15, -0.1) is 0 Å². The van der Waals surface area contributed by atoms with Crippen LogP contribution in [-0.4, -0.2) is 68.6 Å². The van der Waals surface area contributed by atoms with Gasteiger partial charge < -0.3 is 20.4 Å². The first-order valence-electron chi connectivity index (χ1n) is 16.1. The fraction of sp³-hybridized carbons (Fsp3) is 0.263. The minimum Gasteiger partial charge on any atom is -0.330 e. The SMILES string of the molecule is O=C(Nc1ccc(C#Cc2ccc(NC(=O)[C@@H]3CCCN3C(=O)Cc3cccnc3)cc2)cc1)[C@@H]1CCCN1C(=O)Cc1cccnc1. The van der Waals surface area contributed by atoms with E-state index >= 15 is 0 Å². The Labute approximate surface area is 279 Å². The molecule has 2 N–H and O–H groups in total. The molecule has 2 atom stereocenters. The summed E-state index contributed by atoms with van der Waals surface area (Å²) < 4.78 is 0. The Kier molecular flexibility index (Phi) is 10.2. The van der Waals surface area contributed by atoms with Crippen LogP contribution < -0.4 is 10.6 Å². The minimum absolute atomic E-state index is 0.0775. The van der Waals surface area contributed by atoms with Crippen molar-refractivity contribution in [3.05, 3.63) is 120 Å². The van der Waals surface area contributed by atoms with E-state index in [4.69, 9.17) is 0 Å². The standard InChI is InChI=1S/C38H36N6O4/c45-35(23-29-5-1-19-39-25-29)43-21-3-7-33(43)37(47)41-31-15-11-27(12-16-31)9-10-28-13-17-32(18-14-28)42-38(48)34-8-4-22-44(34)36(46)24-30-6-2-20-40-26-30/h1-2,5-6,11-20,25-26,33-34H,3-4,7-8,21-24H2,(H,41,47)(H,42,48)/t33-,34-/m0/s1. The molecule has 6 rings (SSSR count). The summed E-state index contributed by atoms with van der Waals surface area (Å²) in [5.41, 5.74) is 4.47. The van der Waals surface area contributed by atoms with Crippen molar-refractivity contribution in [2.75, 3.05) is 23.7 Å². The van der Waals surface area contributed by atoms with Gasteiger partial charge in [0.05, 0.1) is 12.8 Å². The molecule has 2 aliphatic heterocycles. The second-order valence-corrected chi connectivity index (χ2v) is 11.9. The molecule has 10 nitrogen and oxygen atoms in total. The van der Waals surface area contributed by atoms with Crippen LogP contribution in [0.5, 0.6) is 0 Å². The van der Waals surface area contributed by atoms with Crippen molar-refractivity contribution in [1.82, 2.24) is 19.8 Å². The number of amides is 4. The molecule has 0 spiro atoms. The zero-order valence-electron chi connectivity index (χ0n) is 26.5. The summed E-state index contributed by atoms with van der Waals surface area (Å²) in [7, 11) is 0. The summed E-state index contributed by atoms with van der Waals surface area (Å²) in [5, 5.41) is 5.89. The van der Waals surface area contributed by atoms with Gasteiger partial charge in [0, 0.05) is 60.4 Å². The zero-order chi connectivity index (χ0) is 33.3. The van der Waals surface area contributed by atoms with Crippen LogP contribution in [0.4, 0.5) is 11.4 Å². The topological polar surface area (TPSA) is 125 Å². The number of carbonyl (C=O) groups excluding carboxylic acids is 4. The predicted octanol–water partition coefficient (Wildman–Crippen LogP) is 4.22. The van der Waals surface area contributed by atoms with Crippen molar-refractivity contribution >= 4 is 35.0 Å². The van der Waals surface area contributed by atoms with Gasteiger partial charge in [-0.3, -0.25) is 29.1 Å². The number of aromatic nitrogens is 2.